The van der Waals surface area contributed by atoms with Crippen molar-refractivity contribution in [1.29, 1.82) is 0 Å². The summed E-state index contributed by atoms with van der Waals surface area (Å²) in [6.45, 7) is 1.76. The molecule has 0 radical (unpaired) electrons. The second kappa shape index (κ2) is 4.59. The maximum atomic E-state index is 12.2. The maximum Gasteiger partial charge on any atom is 0.390 e. The first-order valence-corrected chi connectivity index (χ1v) is 4.37. The molecular formula is C9H12F3N3. The van der Waals surface area contributed by atoms with Crippen molar-refractivity contribution in [2.24, 2.45) is 5.84 Å². The number of nitrogens with two attached hydrogens (primary N) is 1. The molecule has 1 aromatic heterocycles. The van der Waals surface area contributed by atoms with E-state index in [0.29, 0.717) is 5.56 Å². The number of alkyl halides is 3. The van der Waals surface area contributed by atoms with Gasteiger partial charge in [0.15, 0.2) is 0 Å². The quantitative estimate of drug-likeness (QED) is 0.602. The molecule has 1 aromatic rings. The first-order valence-electron chi connectivity index (χ1n) is 4.37. The van der Waals surface area contributed by atoms with Crippen molar-refractivity contribution in [1.82, 2.24) is 10.4 Å². The van der Waals surface area contributed by atoms with E-state index in [2.05, 4.69) is 10.4 Å². The minimum atomic E-state index is -4.25. The molecule has 0 aromatic carbocycles. The zero-order chi connectivity index (χ0) is 11.5. The highest BCUT2D eigenvalue weighted by Crippen LogP contribution is 2.28. The van der Waals surface area contributed by atoms with E-state index in [1.165, 1.54) is 6.20 Å². The van der Waals surface area contributed by atoms with Crippen LogP contribution in [0.4, 0.5) is 13.2 Å². The van der Waals surface area contributed by atoms with Crippen molar-refractivity contribution in [3.8, 4) is 0 Å². The van der Waals surface area contributed by atoms with Gasteiger partial charge in [0.25, 0.3) is 0 Å². The molecule has 0 fully saturated rings. The first-order chi connectivity index (χ1) is 6.92. The van der Waals surface area contributed by atoms with Gasteiger partial charge in [0.1, 0.15) is 0 Å². The zero-order valence-electron chi connectivity index (χ0n) is 8.17. The van der Waals surface area contributed by atoms with E-state index in [4.69, 9.17) is 5.84 Å². The lowest BCUT2D eigenvalue weighted by Crippen LogP contribution is -2.31. The maximum absolute atomic E-state index is 12.2. The Morgan fingerprint density at radius 2 is 2.13 bits per heavy atom. The number of pyridine rings is 1. The van der Waals surface area contributed by atoms with Crippen LogP contribution in [0.25, 0.3) is 0 Å². The number of nitrogens with one attached hydrogen (secondary N) is 1. The lowest BCUT2D eigenvalue weighted by Gasteiger charge is -2.17. The normalized spacial score (nSPS) is 13.9. The molecule has 1 unspecified atom stereocenters. The van der Waals surface area contributed by atoms with Crippen LogP contribution >= 0.6 is 0 Å². The van der Waals surface area contributed by atoms with Gasteiger partial charge in [-0.25, -0.2) is 0 Å². The van der Waals surface area contributed by atoms with Crippen LogP contribution in [-0.2, 0) is 0 Å². The van der Waals surface area contributed by atoms with Crippen LogP contribution in [0.5, 0.6) is 0 Å². The van der Waals surface area contributed by atoms with E-state index >= 15 is 0 Å². The van der Waals surface area contributed by atoms with E-state index in [0.717, 1.165) is 5.56 Å². The Hall–Kier alpha value is -1.14. The Morgan fingerprint density at radius 1 is 1.47 bits per heavy atom. The highest BCUT2D eigenvalue weighted by molar-refractivity contribution is 5.20. The van der Waals surface area contributed by atoms with Crippen molar-refractivity contribution in [3.63, 3.8) is 0 Å². The predicted molar refractivity (Wildman–Crippen MR) is 49.7 cm³/mol. The predicted octanol–water partition coefficient (Wildman–Crippen LogP) is 1.85. The fourth-order valence-corrected chi connectivity index (χ4v) is 1.27. The summed E-state index contributed by atoms with van der Waals surface area (Å²) in [4.78, 5) is 3.82. The minimum Gasteiger partial charge on any atom is -0.271 e. The van der Waals surface area contributed by atoms with Crippen LogP contribution in [-0.4, -0.2) is 11.2 Å². The van der Waals surface area contributed by atoms with E-state index in [1.54, 1.807) is 19.2 Å². The van der Waals surface area contributed by atoms with Crippen molar-refractivity contribution in [2.45, 2.75) is 25.6 Å². The van der Waals surface area contributed by atoms with Crippen LogP contribution in [0, 0.1) is 6.92 Å². The van der Waals surface area contributed by atoms with Gasteiger partial charge in [0.05, 0.1) is 12.5 Å². The molecule has 6 heteroatoms. The number of hydrogen-bond acceptors (Lipinski definition) is 3. The van der Waals surface area contributed by atoms with Gasteiger partial charge >= 0.3 is 6.18 Å². The zero-order valence-corrected chi connectivity index (χ0v) is 8.17. The molecule has 0 aliphatic rings. The Labute approximate surface area is 85.5 Å². The standard InChI is InChI=1S/C9H12F3N3/c1-6-2-7(5-14-4-6)8(15-13)3-9(10,11)12/h2,4-5,8,15H,3,13H2,1H3. The van der Waals surface area contributed by atoms with Crippen LogP contribution in [0.1, 0.15) is 23.6 Å². The summed E-state index contributed by atoms with van der Waals surface area (Å²) < 4.78 is 36.5. The van der Waals surface area contributed by atoms with Gasteiger partial charge in [-0.1, -0.05) is 6.07 Å². The lowest BCUT2D eigenvalue weighted by molar-refractivity contribution is -0.140. The summed E-state index contributed by atoms with van der Waals surface area (Å²) in [5.74, 6) is 5.08. The molecule has 3 N–H and O–H groups in total. The number of nitrogens with zero attached hydrogens (tertiary/aromatic N) is 1. The third-order valence-electron chi connectivity index (χ3n) is 1.94. The molecule has 84 valence electrons. The summed E-state index contributed by atoms with van der Waals surface area (Å²) in [5, 5.41) is 0. The Kier molecular flexibility index (Phi) is 3.65. The Balaban J connectivity index is 2.83. The molecule has 1 rings (SSSR count). The van der Waals surface area contributed by atoms with Crippen LogP contribution in [0.15, 0.2) is 18.5 Å². The Bertz CT molecular complexity index is 325. The fourth-order valence-electron chi connectivity index (χ4n) is 1.27. The molecule has 0 bridgehead atoms. The molecule has 0 aliphatic heterocycles. The molecule has 3 nitrogen and oxygen atoms in total. The van der Waals surface area contributed by atoms with Crippen LogP contribution < -0.4 is 11.3 Å². The smallest absolute Gasteiger partial charge is 0.271 e. The number of hydrogen-bond donors (Lipinski definition) is 2. The minimum absolute atomic E-state index is 0.440. The summed E-state index contributed by atoms with van der Waals surface area (Å²) in [6.07, 6.45) is -2.30. The topological polar surface area (TPSA) is 50.9 Å². The number of rotatable bonds is 3. The Morgan fingerprint density at radius 3 is 2.60 bits per heavy atom. The van der Waals surface area contributed by atoms with Gasteiger partial charge in [-0.05, 0) is 18.1 Å². The monoisotopic (exact) mass is 219 g/mol. The summed E-state index contributed by atoms with van der Waals surface area (Å²) >= 11 is 0. The van der Waals surface area contributed by atoms with Gasteiger partial charge < -0.3 is 0 Å². The first kappa shape index (κ1) is 11.9. The third-order valence-corrected chi connectivity index (χ3v) is 1.94. The van der Waals surface area contributed by atoms with Crippen molar-refractivity contribution in [3.05, 3.63) is 29.6 Å². The van der Waals surface area contributed by atoms with Gasteiger partial charge in [-0.15, -0.1) is 0 Å². The fraction of sp³-hybridized carbons (Fsp3) is 0.444. The van der Waals surface area contributed by atoms with Crippen molar-refractivity contribution < 1.29 is 13.2 Å². The van der Waals surface area contributed by atoms with E-state index in [1.807, 2.05) is 0 Å². The van der Waals surface area contributed by atoms with E-state index in [9.17, 15) is 13.2 Å². The molecule has 0 aliphatic carbocycles. The largest absolute Gasteiger partial charge is 0.390 e. The molecule has 15 heavy (non-hydrogen) atoms. The van der Waals surface area contributed by atoms with E-state index < -0.39 is 18.6 Å². The number of halogens is 3. The van der Waals surface area contributed by atoms with Gasteiger partial charge in [0.2, 0.25) is 0 Å². The van der Waals surface area contributed by atoms with Gasteiger partial charge in [0, 0.05) is 12.4 Å². The molecule has 0 amide bonds. The number of hydrazine groups is 1. The SMILES string of the molecule is Cc1cncc(C(CC(F)(F)F)NN)c1. The second-order valence-corrected chi connectivity index (χ2v) is 3.33. The molecule has 0 saturated heterocycles. The van der Waals surface area contributed by atoms with Gasteiger partial charge in [-0.2, -0.15) is 13.2 Å². The average Bonchev–Trinajstić information content (AvgIpc) is 2.13. The highest BCUT2D eigenvalue weighted by Gasteiger charge is 2.32. The molecule has 0 spiro atoms. The second-order valence-electron chi connectivity index (χ2n) is 3.33. The van der Waals surface area contributed by atoms with Crippen molar-refractivity contribution >= 4 is 0 Å². The third kappa shape index (κ3) is 3.85. The molecular weight excluding hydrogens is 207 g/mol. The molecule has 1 atom stereocenters. The van der Waals surface area contributed by atoms with Crippen molar-refractivity contribution in [2.75, 3.05) is 0 Å². The number of aromatic nitrogens is 1. The summed E-state index contributed by atoms with van der Waals surface area (Å²) in [6, 6.07) is 0.681. The number of aryl methyl sites for hydroxylation is 1. The molecule has 0 saturated carbocycles. The lowest BCUT2D eigenvalue weighted by atomic mass is 10.1. The van der Waals surface area contributed by atoms with E-state index in [-0.39, 0.29) is 0 Å². The van der Waals surface area contributed by atoms with Gasteiger partial charge in [-0.3, -0.25) is 16.3 Å². The summed E-state index contributed by atoms with van der Waals surface area (Å²) in [5.41, 5.74) is 3.38. The highest BCUT2D eigenvalue weighted by atomic mass is 19.4. The van der Waals surface area contributed by atoms with Crippen LogP contribution in [0.2, 0.25) is 0 Å². The molecule has 1 heterocycles. The van der Waals surface area contributed by atoms with Crippen LogP contribution in [0.3, 0.4) is 0 Å². The average molecular weight is 219 g/mol. The summed E-state index contributed by atoms with van der Waals surface area (Å²) in [7, 11) is 0.